The van der Waals surface area contributed by atoms with Crippen molar-refractivity contribution in [2.75, 3.05) is 19.6 Å². The molecule has 0 atom stereocenters. The van der Waals surface area contributed by atoms with Crippen LogP contribution in [-0.4, -0.2) is 50.6 Å². The quantitative estimate of drug-likeness (QED) is 0.915. The lowest BCUT2D eigenvalue weighted by Gasteiger charge is -2.15. The molecule has 0 radical (unpaired) electrons. The number of aryl methyl sites for hydroxylation is 1. The third-order valence-electron chi connectivity index (χ3n) is 4.06. The standard InChI is InChI=1S/C16H20N4O2/c1-12-5-4-6-13(11-12)15-14(16(21)22)17-18-20(15)10-9-19-7-2-3-8-19/h4-6,11H,2-3,7-10H2,1H3,(H,21,22). The second-order valence-corrected chi connectivity index (χ2v) is 5.73. The van der Waals surface area contributed by atoms with Crippen molar-refractivity contribution in [3.05, 3.63) is 35.5 Å². The van der Waals surface area contributed by atoms with E-state index in [2.05, 4.69) is 15.2 Å². The summed E-state index contributed by atoms with van der Waals surface area (Å²) in [6.07, 6.45) is 2.48. The van der Waals surface area contributed by atoms with E-state index in [-0.39, 0.29) is 5.69 Å². The lowest BCUT2D eigenvalue weighted by molar-refractivity contribution is 0.0691. The zero-order valence-electron chi connectivity index (χ0n) is 12.7. The van der Waals surface area contributed by atoms with Crippen molar-refractivity contribution >= 4 is 5.97 Å². The lowest BCUT2D eigenvalue weighted by atomic mass is 10.1. The molecular weight excluding hydrogens is 280 g/mol. The fraction of sp³-hybridized carbons (Fsp3) is 0.438. The molecule has 1 aliphatic heterocycles. The van der Waals surface area contributed by atoms with Gasteiger partial charge in [0, 0.05) is 12.1 Å². The minimum absolute atomic E-state index is 0.0204. The Morgan fingerprint density at radius 1 is 1.27 bits per heavy atom. The average molecular weight is 300 g/mol. The van der Waals surface area contributed by atoms with Gasteiger partial charge in [-0.2, -0.15) is 0 Å². The molecule has 2 heterocycles. The van der Waals surface area contributed by atoms with Gasteiger partial charge in [-0.05, 0) is 38.9 Å². The molecule has 2 aromatic rings. The van der Waals surface area contributed by atoms with Gasteiger partial charge >= 0.3 is 5.97 Å². The Kier molecular flexibility index (Phi) is 4.20. The molecular formula is C16H20N4O2. The van der Waals surface area contributed by atoms with Gasteiger partial charge in [0.1, 0.15) is 5.69 Å². The minimum atomic E-state index is -1.04. The fourth-order valence-corrected chi connectivity index (χ4v) is 2.93. The molecule has 22 heavy (non-hydrogen) atoms. The van der Waals surface area contributed by atoms with E-state index in [1.165, 1.54) is 12.8 Å². The zero-order chi connectivity index (χ0) is 15.5. The number of hydrogen-bond donors (Lipinski definition) is 1. The first-order valence-electron chi connectivity index (χ1n) is 7.61. The minimum Gasteiger partial charge on any atom is -0.476 e. The molecule has 1 saturated heterocycles. The number of hydrogen-bond acceptors (Lipinski definition) is 4. The molecule has 0 saturated carbocycles. The van der Waals surface area contributed by atoms with Crippen LogP contribution in [0.1, 0.15) is 28.9 Å². The van der Waals surface area contributed by atoms with E-state index in [4.69, 9.17) is 0 Å². The van der Waals surface area contributed by atoms with Crippen molar-refractivity contribution in [3.63, 3.8) is 0 Å². The Hall–Kier alpha value is -2.21. The van der Waals surface area contributed by atoms with Crippen molar-refractivity contribution in [2.24, 2.45) is 0 Å². The molecule has 0 amide bonds. The molecule has 1 N–H and O–H groups in total. The number of rotatable bonds is 5. The number of aromatic carboxylic acids is 1. The second-order valence-electron chi connectivity index (χ2n) is 5.73. The third-order valence-corrected chi connectivity index (χ3v) is 4.06. The highest BCUT2D eigenvalue weighted by Gasteiger charge is 2.21. The van der Waals surface area contributed by atoms with E-state index in [1.807, 2.05) is 31.2 Å². The van der Waals surface area contributed by atoms with Crippen molar-refractivity contribution in [2.45, 2.75) is 26.3 Å². The summed E-state index contributed by atoms with van der Waals surface area (Å²) in [5.74, 6) is -1.04. The van der Waals surface area contributed by atoms with Crippen molar-refractivity contribution in [3.8, 4) is 11.3 Å². The van der Waals surface area contributed by atoms with Gasteiger partial charge in [0.2, 0.25) is 0 Å². The predicted octanol–water partition coefficient (Wildman–Crippen LogP) is 2.05. The molecule has 3 rings (SSSR count). The first-order chi connectivity index (χ1) is 10.6. The molecule has 1 aromatic carbocycles. The van der Waals surface area contributed by atoms with E-state index in [0.29, 0.717) is 12.2 Å². The lowest BCUT2D eigenvalue weighted by Crippen LogP contribution is -2.24. The first-order valence-corrected chi connectivity index (χ1v) is 7.61. The highest BCUT2D eigenvalue weighted by Crippen LogP contribution is 2.23. The Bertz CT molecular complexity index is 675. The molecule has 1 fully saturated rings. The van der Waals surface area contributed by atoms with Gasteiger partial charge in [-0.3, -0.25) is 0 Å². The fourth-order valence-electron chi connectivity index (χ4n) is 2.93. The van der Waals surface area contributed by atoms with Gasteiger partial charge in [-0.25, -0.2) is 9.48 Å². The van der Waals surface area contributed by atoms with Crippen LogP contribution in [0.15, 0.2) is 24.3 Å². The van der Waals surface area contributed by atoms with Crippen LogP contribution in [0.25, 0.3) is 11.3 Å². The maximum Gasteiger partial charge on any atom is 0.358 e. The summed E-state index contributed by atoms with van der Waals surface area (Å²) in [5, 5.41) is 17.3. The smallest absolute Gasteiger partial charge is 0.358 e. The molecule has 0 spiro atoms. The number of carbonyl (C=O) groups is 1. The van der Waals surface area contributed by atoms with Crippen molar-refractivity contribution in [1.82, 2.24) is 19.9 Å². The normalized spacial score (nSPS) is 15.3. The van der Waals surface area contributed by atoms with Crippen molar-refractivity contribution < 1.29 is 9.90 Å². The average Bonchev–Trinajstić information content (AvgIpc) is 3.14. The van der Waals surface area contributed by atoms with Crippen LogP contribution < -0.4 is 0 Å². The number of carboxylic acid groups (broad SMARTS) is 1. The second kappa shape index (κ2) is 6.27. The van der Waals surface area contributed by atoms with Gasteiger partial charge in [0.15, 0.2) is 5.69 Å². The third kappa shape index (κ3) is 3.01. The van der Waals surface area contributed by atoms with Gasteiger partial charge in [0.05, 0.1) is 6.54 Å². The van der Waals surface area contributed by atoms with E-state index < -0.39 is 5.97 Å². The Labute approximate surface area is 129 Å². The molecule has 6 heteroatoms. The number of nitrogens with zero attached hydrogens (tertiary/aromatic N) is 4. The summed E-state index contributed by atoms with van der Waals surface area (Å²) in [6.45, 7) is 5.74. The number of likely N-dealkylation sites (tertiary alicyclic amines) is 1. The van der Waals surface area contributed by atoms with Crippen molar-refractivity contribution in [1.29, 1.82) is 0 Å². The van der Waals surface area contributed by atoms with Crippen LogP contribution in [0, 0.1) is 6.92 Å². The summed E-state index contributed by atoms with van der Waals surface area (Å²) in [6, 6.07) is 7.79. The summed E-state index contributed by atoms with van der Waals surface area (Å²) in [7, 11) is 0. The van der Waals surface area contributed by atoms with Gasteiger partial charge in [0.25, 0.3) is 0 Å². The zero-order valence-corrected chi connectivity index (χ0v) is 12.7. The SMILES string of the molecule is Cc1cccc(-c2c(C(=O)O)nnn2CCN2CCCC2)c1. The van der Waals surface area contributed by atoms with E-state index in [0.717, 1.165) is 30.8 Å². The van der Waals surface area contributed by atoms with Crippen LogP contribution in [0.2, 0.25) is 0 Å². The first kappa shape index (κ1) is 14.7. The van der Waals surface area contributed by atoms with Crippen LogP contribution in [0.3, 0.4) is 0 Å². The van der Waals surface area contributed by atoms with E-state index >= 15 is 0 Å². The largest absolute Gasteiger partial charge is 0.476 e. The van der Waals surface area contributed by atoms with Crippen LogP contribution in [0.4, 0.5) is 0 Å². The summed E-state index contributed by atoms with van der Waals surface area (Å²) >= 11 is 0. The molecule has 1 aromatic heterocycles. The summed E-state index contributed by atoms with van der Waals surface area (Å²) in [5.41, 5.74) is 2.55. The molecule has 0 aliphatic carbocycles. The molecule has 6 nitrogen and oxygen atoms in total. The maximum absolute atomic E-state index is 11.4. The van der Waals surface area contributed by atoms with Gasteiger partial charge in [-0.15, -0.1) is 5.10 Å². The van der Waals surface area contributed by atoms with Gasteiger partial charge < -0.3 is 10.0 Å². The van der Waals surface area contributed by atoms with E-state index in [1.54, 1.807) is 4.68 Å². The van der Waals surface area contributed by atoms with Gasteiger partial charge in [-0.1, -0.05) is 29.0 Å². The maximum atomic E-state index is 11.4. The Morgan fingerprint density at radius 2 is 2.05 bits per heavy atom. The monoisotopic (exact) mass is 300 g/mol. The Balaban J connectivity index is 1.91. The van der Waals surface area contributed by atoms with Crippen LogP contribution in [0.5, 0.6) is 0 Å². The van der Waals surface area contributed by atoms with Crippen LogP contribution >= 0.6 is 0 Å². The topological polar surface area (TPSA) is 71.2 Å². The molecule has 1 aliphatic rings. The molecule has 0 bridgehead atoms. The summed E-state index contributed by atoms with van der Waals surface area (Å²) in [4.78, 5) is 13.8. The summed E-state index contributed by atoms with van der Waals surface area (Å²) < 4.78 is 1.72. The number of carboxylic acids is 1. The van der Waals surface area contributed by atoms with Crippen LogP contribution in [-0.2, 0) is 6.54 Å². The predicted molar refractivity (Wildman–Crippen MR) is 82.8 cm³/mol. The highest BCUT2D eigenvalue weighted by molar-refractivity contribution is 5.92. The molecule has 116 valence electrons. The number of aromatic nitrogens is 3. The highest BCUT2D eigenvalue weighted by atomic mass is 16.4. The number of benzene rings is 1. The van der Waals surface area contributed by atoms with E-state index in [9.17, 15) is 9.90 Å². The molecule has 0 unspecified atom stereocenters. The Morgan fingerprint density at radius 3 is 2.73 bits per heavy atom.